The predicted molar refractivity (Wildman–Crippen MR) is 113 cm³/mol. The van der Waals surface area contributed by atoms with Crippen LogP contribution in [-0.2, 0) is 9.53 Å². The van der Waals surface area contributed by atoms with Crippen LogP contribution in [-0.4, -0.2) is 51.8 Å². The fourth-order valence-electron chi connectivity index (χ4n) is 2.80. The van der Waals surface area contributed by atoms with Crippen molar-refractivity contribution in [3.05, 3.63) is 24.3 Å². The lowest BCUT2D eigenvalue weighted by atomic mass is 9.85. The molecule has 1 fully saturated rings. The second-order valence-corrected chi connectivity index (χ2v) is 6.88. The normalized spacial score (nSPS) is 14.3. The van der Waals surface area contributed by atoms with Gasteiger partial charge < -0.3 is 25.4 Å². The van der Waals surface area contributed by atoms with Crippen LogP contribution in [0.3, 0.4) is 0 Å². The number of aliphatic imine (C=N–C) groups is 1. The third-order valence-corrected chi connectivity index (χ3v) is 4.58. The third-order valence-electron chi connectivity index (χ3n) is 4.58. The van der Waals surface area contributed by atoms with Gasteiger partial charge in [0.15, 0.2) is 5.96 Å². The molecule has 0 aromatic heterocycles. The average Bonchev–Trinajstić information content (AvgIpc) is 2.64. The number of carbonyl (C=O) groups excluding carboxylic acids is 1. The zero-order valence-corrected chi connectivity index (χ0v) is 17.1. The molecule has 0 saturated heterocycles. The van der Waals surface area contributed by atoms with E-state index in [0.717, 1.165) is 49.6 Å². The Labute approximate surface area is 168 Å². The van der Waals surface area contributed by atoms with Crippen LogP contribution in [0.4, 0.5) is 5.69 Å². The summed E-state index contributed by atoms with van der Waals surface area (Å²) in [6.07, 6.45) is 4.92. The van der Waals surface area contributed by atoms with Gasteiger partial charge in [-0.3, -0.25) is 9.79 Å². The molecule has 2 rings (SSSR count). The van der Waals surface area contributed by atoms with Crippen molar-refractivity contribution in [1.82, 2.24) is 10.6 Å². The molecule has 28 heavy (non-hydrogen) atoms. The van der Waals surface area contributed by atoms with Crippen LogP contribution in [0.25, 0.3) is 0 Å². The molecule has 3 N–H and O–H groups in total. The lowest BCUT2D eigenvalue weighted by molar-refractivity contribution is -0.127. The number of nitrogens with zero attached hydrogens (tertiary/aromatic N) is 1. The van der Waals surface area contributed by atoms with Gasteiger partial charge in [0.1, 0.15) is 5.75 Å². The van der Waals surface area contributed by atoms with Gasteiger partial charge in [-0.05, 0) is 38.3 Å². The van der Waals surface area contributed by atoms with E-state index in [2.05, 4.69) is 20.9 Å². The van der Waals surface area contributed by atoms with Crippen molar-refractivity contribution in [2.45, 2.75) is 39.0 Å². The zero-order chi connectivity index (χ0) is 20.0. The van der Waals surface area contributed by atoms with Crippen LogP contribution >= 0.6 is 0 Å². The van der Waals surface area contributed by atoms with Crippen LogP contribution in [0.2, 0.25) is 0 Å². The molecule has 0 unspecified atom stereocenters. The molecule has 0 atom stereocenters. The molecule has 0 spiro atoms. The first-order chi connectivity index (χ1) is 13.7. The molecule has 0 heterocycles. The van der Waals surface area contributed by atoms with Gasteiger partial charge in [-0.25, -0.2) is 0 Å². The quantitative estimate of drug-likeness (QED) is 0.290. The summed E-state index contributed by atoms with van der Waals surface area (Å²) in [4.78, 5) is 16.4. The van der Waals surface area contributed by atoms with E-state index in [1.165, 1.54) is 6.42 Å². The first-order valence-electron chi connectivity index (χ1n) is 10.3. The van der Waals surface area contributed by atoms with Gasteiger partial charge in [-0.1, -0.05) is 12.5 Å². The fraction of sp³-hybridized carbons (Fsp3) is 0.619. The van der Waals surface area contributed by atoms with E-state index in [1.807, 2.05) is 31.2 Å². The topological polar surface area (TPSA) is 84.0 Å². The number of anilines is 1. The highest BCUT2D eigenvalue weighted by atomic mass is 16.5. The summed E-state index contributed by atoms with van der Waals surface area (Å²) in [5.74, 6) is 1.98. The van der Waals surface area contributed by atoms with Crippen molar-refractivity contribution in [2.24, 2.45) is 10.9 Å². The number of nitrogens with one attached hydrogen (secondary N) is 3. The molecular formula is C21H34N4O3. The van der Waals surface area contributed by atoms with E-state index in [9.17, 15) is 4.79 Å². The van der Waals surface area contributed by atoms with Crippen LogP contribution in [0.15, 0.2) is 29.3 Å². The minimum Gasteiger partial charge on any atom is -0.493 e. The predicted octanol–water partition coefficient (Wildman–Crippen LogP) is 2.79. The number of amides is 1. The molecule has 7 nitrogen and oxygen atoms in total. The molecule has 1 saturated carbocycles. The summed E-state index contributed by atoms with van der Waals surface area (Å²) in [6.45, 7) is 5.44. The molecule has 156 valence electrons. The van der Waals surface area contributed by atoms with Crippen LogP contribution in [0.1, 0.15) is 39.0 Å². The molecule has 1 amide bonds. The van der Waals surface area contributed by atoms with Crippen LogP contribution in [0.5, 0.6) is 5.75 Å². The minimum absolute atomic E-state index is 0.197. The Balaban J connectivity index is 1.75. The van der Waals surface area contributed by atoms with Gasteiger partial charge in [-0.2, -0.15) is 0 Å². The highest BCUT2D eigenvalue weighted by molar-refractivity contribution is 5.93. The molecule has 1 aromatic carbocycles. The van der Waals surface area contributed by atoms with E-state index < -0.39 is 0 Å². The standard InChI is InChI=1S/C21H34N4O3/c1-3-22-21(24-13-6-12-23-20(26)17-8-4-9-17)25-18-10-5-11-19(16-18)28-15-7-14-27-2/h5,10-11,16-17H,3-4,6-9,12-15H2,1-2H3,(H,23,26)(H2,22,24,25). The molecule has 0 radical (unpaired) electrons. The molecule has 1 aromatic rings. The van der Waals surface area contributed by atoms with Crippen molar-refractivity contribution >= 4 is 17.6 Å². The summed E-state index contributed by atoms with van der Waals surface area (Å²) in [5, 5.41) is 9.55. The lowest BCUT2D eigenvalue weighted by Gasteiger charge is -2.23. The summed E-state index contributed by atoms with van der Waals surface area (Å²) in [7, 11) is 1.69. The van der Waals surface area contributed by atoms with Gasteiger partial charge in [0, 0.05) is 57.4 Å². The number of benzene rings is 1. The Kier molecular flexibility index (Phi) is 10.2. The molecule has 0 aliphatic heterocycles. The number of guanidine groups is 1. The Hall–Kier alpha value is -2.28. The Morgan fingerprint density at radius 3 is 2.79 bits per heavy atom. The van der Waals surface area contributed by atoms with Crippen molar-refractivity contribution in [3.8, 4) is 5.75 Å². The zero-order valence-electron chi connectivity index (χ0n) is 17.1. The molecule has 1 aliphatic carbocycles. The van der Waals surface area contributed by atoms with Crippen LogP contribution in [0, 0.1) is 5.92 Å². The number of rotatable bonds is 12. The Morgan fingerprint density at radius 1 is 1.21 bits per heavy atom. The summed E-state index contributed by atoms with van der Waals surface area (Å²) < 4.78 is 10.8. The number of hydrogen-bond donors (Lipinski definition) is 3. The maximum atomic E-state index is 11.8. The largest absolute Gasteiger partial charge is 0.493 e. The Bertz CT molecular complexity index is 617. The van der Waals surface area contributed by atoms with Crippen LogP contribution < -0.4 is 20.7 Å². The van der Waals surface area contributed by atoms with Crippen molar-refractivity contribution in [1.29, 1.82) is 0 Å². The van der Waals surface area contributed by atoms with Gasteiger partial charge >= 0.3 is 0 Å². The van der Waals surface area contributed by atoms with E-state index in [0.29, 0.717) is 26.3 Å². The maximum absolute atomic E-state index is 11.8. The maximum Gasteiger partial charge on any atom is 0.223 e. The molecule has 1 aliphatic rings. The van der Waals surface area contributed by atoms with E-state index in [-0.39, 0.29) is 11.8 Å². The summed E-state index contributed by atoms with van der Waals surface area (Å²) >= 11 is 0. The van der Waals surface area contributed by atoms with Gasteiger partial charge in [0.25, 0.3) is 0 Å². The van der Waals surface area contributed by atoms with Crippen molar-refractivity contribution in [2.75, 3.05) is 45.3 Å². The average molecular weight is 391 g/mol. The summed E-state index contributed by atoms with van der Waals surface area (Å²) in [5.41, 5.74) is 0.919. The lowest BCUT2D eigenvalue weighted by Crippen LogP contribution is -2.35. The van der Waals surface area contributed by atoms with E-state index in [1.54, 1.807) is 7.11 Å². The number of hydrogen-bond acceptors (Lipinski definition) is 4. The minimum atomic E-state index is 0.197. The first-order valence-corrected chi connectivity index (χ1v) is 10.3. The number of ether oxygens (including phenoxy) is 2. The molecule has 0 bridgehead atoms. The Morgan fingerprint density at radius 2 is 2.07 bits per heavy atom. The summed E-state index contributed by atoms with van der Waals surface area (Å²) in [6, 6.07) is 7.83. The van der Waals surface area contributed by atoms with E-state index >= 15 is 0 Å². The van der Waals surface area contributed by atoms with Gasteiger partial charge in [0.2, 0.25) is 5.91 Å². The fourth-order valence-corrected chi connectivity index (χ4v) is 2.80. The van der Waals surface area contributed by atoms with Crippen molar-refractivity contribution < 1.29 is 14.3 Å². The van der Waals surface area contributed by atoms with Gasteiger partial charge in [0.05, 0.1) is 6.61 Å². The second-order valence-electron chi connectivity index (χ2n) is 6.88. The third kappa shape index (κ3) is 8.17. The highest BCUT2D eigenvalue weighted by Gasteiger charge is 2.24. The smallest absolute Gasteiger partial charge is 0.223 e. The van der Waals surface area contributed by atoms with Crippen molar-refractivity contribution in [3.63, 3.8) is 0 Å². The first kappa shape index (κ1) is 22.0. The SMILES string of the molecule is CCNC(=NCCCNC(=O)C1CCC1)Nc1cccc(OCCCOC)c1. The number of carbonyl (C=O) groups is 1. The molecule has 7 heteroatoms. The number of methoxy groups -OCH3 is 1. The molecular weight excluding hydrogens is 356 g/mol. The van der Waals surface area contributed by atoms with E-state index in [4.69, 9.17) is 9.47 Å². The highest BCUT2D eigenvalue weighted by Crippen LogP contribution is 2.26. The van der Waals surface area contributed by atoms with Gasteiger partial charge in [-0.15, -0.1) is 0 Å². The second kappa shape index (κ2) is 13.0. The monoisotopic (exact) mass is 390 g/mol.